The molecule has 0 aliphatic carbocycles. The van der Waals surface area contributed by atoms with Gasteiger partial charge >= 0.3 is 0 Å². The fourth-order valence-corrected chi connectivity index (χ4v) is 1.46. The highest BCUT2D eigenvalue weighted by Gasteiger charge is 1.78. The molecule has 2 aromatic rings. The van der Waals surface area contributed by atoms with E-state index in [0.717, 1.165) is 0 Å². The SMILES string of the molecule is C=CC=CC=Cc1ccccc1.C=Cc1ccccc1. The summed E-state index contributed by atoms with van der Waals surface area (Å²) in [5.41, 5.74) is 2.39. The van der Waals surface area contributed by atoms with Crippen LogP contribution in [0.1, 0.15) is 11.1 Å². The minimum atomic E-state index is 1.17. The lowest BCUT2D eigenvalue weighted by Gasteiger charge is -1.87. The smallest absolute Gasteiger partial charge is 0.0257 e. The first-order chi connectivity index (χ1) is 9.86. The van der Waals surface area contributed by atoms with Crippen molar-refractivity contribution < 1.29 is 0 Å². The summed E-state index contributed by atoms with van der Waals surface area (Å²) in [6.07, 6.45) is 11.5. The van der Waals surface area contributed by atoms with E-state index in [0.29, 0.717) is 0 Å². The number of benzene rings is 2. The molecular weight excluding hydrogens is 240 g/mol. The second kappa shape index (κ2) is 10.3. The first kappa shape index (κ1) is 15.5. The maximum Gasteiger partial charge on any atom is -0.0257 e. The van der Waals surface area contributed by atoms with Gasteiger partial charge in [0.15, 0.2) is 0 Å². The highest BCUT2D eigenvalue weighted by atomic mass is 13.8. The van der Waals surface area contributed by atoms with Crippen LogP contribution in [-0.4, -0.2) is 0 Å². The third-order valence-corrected chi connectivity index (χ3v) is 2.48. The number of allylic oxidation sites excluding steroid dienone is 4. The van der Waals surface area contributed by atoms with E-state index in [1.165, 1.54) is 11.1 Å². The van der Waals surface area contributed by atoms with Crippen molar-refractivity contribution in [2.24, 2.45) is 0 Å². The molecule has 0 spiro atoms. The van der Waals surface area contributed by atoms with E-state index in [1.54, 1.807) is 6.08 Å². The highest BCUT2D eigenvalue weighted by molar-refractivity contribution is 5.50. The summed E-state index contributed by atoms with van der Waals surface area (Å²) < 4.78 is 0. The summed E-state index contributed by atoms with van der Waals surface area (Å²) in [4.78, 5) is 0. The molecule has 0 nitrogen and oxygen atoms in total. The minimum Gasteiger partial charge on any atom is -0.0991 e. The molecule has 0 unspecified atom stereocenters. The van der Waals surface area contributed by atoms with Crippen molar-refractivity contribution in [1.82, 2.24) is 0 Å². The molecule has 20 heavy (non-hydrogen) atoms. The lowest BCUT2D eigenvalue weighted by Crippen LogP contribution is -1.66. The van der Waals surface area contributed by atoms with Crippen LogP contribution >= 0.6 is 0 Å². The van der Waals surface area contributed by atoms with Gasteiger partial charge in [-0.3, -0.25) is 0 Å². The molecule has 2 aromatic carbocycles. The molecule has 0 atom stereocenters. The van der Waals surface area contributed by atoms with Gasteiger partial charge in [0.2, 0.25) is 0 Å². The molecule has 0 saturated carbocycles. The fourth-order valence-electron chi connectivity index (χ4n) is 1.46. The topological polar surface area (TPSA) is 0 Å². The van der Waals surface area contributed by atoms with Crippen LogP contribution in [0, 0.1) is 0 Å². The molecular formula is C20H20. The standard InChI is InChI=1S/C12H12.C8H8/c1-2-3-4-6-9-12-10-7-5-8-11-12;1-2-8-6-4-3-5-7-8/h2-11H,1H2;2-7H,1H2. The van der Waals surface area contributed by atoms with Crippen molar-refractivity contribution in [2.75, 3.05) is 0 Å². The van der Waals surface area contributed by atoms with Crippen LogP contribution in [0.5, 0.6) is 0 Å². The second-order valence-electron chi connectivity index (χ2n) is 4.01. The molecule has 0 saturated heterocycles. The van der Waals surface area contributed by atoms with Gasteiger partial charge in [-0.2, -0.15) is 0 Å². The van der Waals surface area contributed by atoms with Crippen LogP contribution in [0.15, 0.2) is 98.1 Å². The van der Waals surface area contributed by atoms with E-state index in [4.69, 9.17) is 0 Å². The van der Waals surface area contributed by atoms with Gasteiger partial charge in [0, 0.05) is 0 Å². The molecule has 0 N–H and O–H groups in total. The van der Waals surface area contributed by atoms with Gasteiger partial charge in [0.25, 0.3) is 0 Å². The molecule has 0 radical (unpaired) electrons. The molecule has 0 amide bonds. The average molecular weight is 260 g/mol. The molecule has 0 heterocycles. The van der Waals surface area contributed by atoms with Crippen molar-refractivity contribution in [2.45, 2.75) is 0 Å². The summed E-state index contributed by atoms with van der Waals surface area (Å²) in [6, 6.07) is 20.2. The second-order valence-corrected chi connectivity index (χ2v) is 4.01. The van der Waals surface area contributed by atoms with E-state index in [-0.39, 0.29) is 0 Å². The molecule has 0 aliphatic rings. The highest BCUT2D eigenvalue weighted by Crippen LogP contribution is 2.00. The molecule has 0 heteroatoms. The largest absolute Gasteiger partial charge is 0.0991 e. The third-order valence-electron chi connectivity index (χ3n) is 2.48. The maximum absolute atomic E-state index is 3.63. The van der Waals surface area contributed by atoms with E-state index in [1.807, 2.05) is 72.8 Å². The lowest BCUT2D eigenvalue weighted by molar-refractivity contribution is 1.66. The summed E-state index contributed by atoms with van der Waals surface area (Å²) in [5, 5.41) is 0. The van der Waals surface area contributed by atoms with Crippen molar-refractivity contribution >= 4 is 12.2 Å². The van der Waals surface area contributed by atoms with E-state index < -0.39 is 0 Å². The molecule has 0 bridgehead atoms. The van der Waals surface area contributed by atoms with Crippen LogP contribution in [-0.2, 0) is 0 Å². The summed E-state index contributed by atoms with van der Waals surface area (Å²) >= 11 is 0. The van der Waals surface area contributed by atoms with Crippen LogP contribution in [0.2, 0.25) is 0 Å². The molecule has 0 fully saturated rings. The zero-order valence-corrected chi connectivity index (χ0v) is 11.7. The molecule has 100 valence electrons. The summed E-state index contributed by atoms with van der Waals surface area (Å²) in [5.74, 6) is 0. The van der Waals surface area contributed by atoms with Gasteiger partial charge in [-0.05, 0) is 11.1 Å². The van der Waals surface area contributed by atoms with Crippen LogP contribution < -0.4 is 0 Å². The van der Waals surface area contributed by atoms with Gasteiger partial charge < -0.3 is 0 Å². The first-order valence-corrected chi connectivity index (χ1v) is 6.55. The Balaban J connectivity index is 0.000000217. The Hall–Kier alpha value is -2.60. The number of rotatable bonds is 4. The van der Waals surface area contributed by atoms with E-state index in [2.05, 4.69) is 31.4 Å². The van der Waals surface area contributed by atoms with Gasteiger partial charge in [0.1, 0.15) is 0 Å². The predicted molar refractivity (Wildman–Crippen MR) is 91.3 cm³/mol. The van der Waals surface area contributed by atoms with Crippen molar-refractivity contribution in [3.8, 4) is 0 Å². The van der Waals surface area contributed by atoms with Crippen molar-refractivity contribution in [1.29, 1.82) is 0 Å². The van der Waals surface area contributed by atoms with Crippen LogP contribution in [0.3, 0.4) is 0 Å². The Kier molecular flexibility index (Phi) is 7.99. The summed E-state index contributed by atoms with van der Waals surface area (Å²) in [6.45, 7) is 7.22. The Labute approximate surface area is 122 Å². The van der Waals surface area contributed by atoms with Crippen molar-refractivity contribution in [3.63, 3.8) is 0 Å². The Morgan fingerprint density at radius 2 is 1.15 bits per heavy atom. The first-order valence-electron chi connectivity index (χ1n) is 6.55. The molecule has 2 rings (SSSR count). The monoisotopic (exact) mass is 260 g/mol. The Morgan fingerprint density at radius 1 is 0.600 bits per heavy atom. The zero-order valence-electron chi connectivity index (χ0n) is 11.7. The molecule has 0 aliphatic heterocycles. The van der Waals surface area contributed by atoms with Gasteiger partial charge in [-0.25, -0.2) is 0 Å². The van der Waals surface area contributed by atoms with E-state index in [9.17, 15) is 0 Å². The zero-order chi connectivity index (χ0) is 14.5. The van der Waals surface area contributed by atoms with Crippen molar-refractivity contribution in [3.05, 3.63) is 109 Å². The average Bonchev–Trinajstić information content (AvgIpc) is 2.54. The minimum absolute atomic E-state index is 1.17. The Bertz CT molecular complexity index is 545. The van der Waals surface area contributed by atoms with Gasteiger partial charge in [-0.1, -0.05) is 110 Å². The predicted octanol–water partition coefficient (Wildman–Crippen LogP) is 5.77. The Morgan fingerprint density at radius 3 is 1.60 bits per heavy atom. The van der Waals surface area contributed by atoms with Gasteiger partial charge in [-0.15, -0.1) is 0 Å². The van der Waals surface area contributed by atoms with Gasteiger partial charge in [0.05, 0.1) is 0 Å². The summed E-state index contributed by atoms with van der Waals surface area (Å²) in [7, 11) is 0. The van der Waals surface area contributed by atoms with Crippen LogP contribution in [0.25, 0.3) is 12.2 Å². The normalized spacial score (nSPS) is 10.0. The number of hydrogen-bond donors (Lipinski definition) is 0. The fraction of sp³-hybridized carbons (Fsp3) is 0. The van der Waals surface area contributed by atoms with Crippen LogP contribution in [0.4, 0.5) is 0 Å². The quantitative estimate of drug-likeness (QED) is 0.612. The molecule has 0 aromatic heterocycles. The van der Waals surface area contributed by atoms with E-state index >= 15 is 0 Å². The third kappa shape index (κ3) is 6.97. The maximum atomic E-state index is 3.63. The lowest BCUT2D eigenvalue weighted by atomic mass is 10.2. The number of hydrogen-bond acceptors (Lipinski definition) is 0.